The third-order valence-corrected chi connectivity index (χ3v) is 3.20. The van der Waals surface area contributed by atoms with Crippen molar-refractivity contribution in [1.29, 1.82) is 0 Å². The first-order valence-electron chi connectivity index (χ1n) is 6.47. The Labute approximate surface area is 117 Å². The van der Waals surface area contributed by atoms with Crippen LogP contribution in [0.4, 0.5) is 0 Å². The van der Waals surface area contributed by atoms with Crippen molar-refractivity contribution in [2.24, 2.45) is 7.05 Å². The molecule has 1 unspecified atom stereocenters. The highest BCUT2D eigenvalue weighted by Crippen LogP contribution is 2.21. The lowest BCUT2D eigenvalue weighted by Gasteiger charge is -2.16. The van der Waals surface area contributed by atoms with Gasteiger partial charge in [-0.15, -0.1) is 0 Å². The van der Waals surface area contributed by atoms with E-state index in [1.807, 2.05) is 42.1 Å². The van der Waals surface area contributed by atoms with Gasteiger partial charge in [0.2, 0.25) is 0 Å². The number of rotatable bonds is 5. The molecule has 0 bridgehead atoms. The third kappa shape index (κ3) is 2.62. The summed E-state index contributed by atoms with van der Waals surface area (Å²) in [7, 11) is 1.98. The molecule has 0 spiro atoms. The molecular weight excluding hydrogens is 252 g/mol. The number of nitrogens with one attached hydrogen (secondary N) is 1. The van der Waals surface area contributed by atoms with Crippen LogP contribution in [-0.4, -0.2) is 14.5 Å². The van der Waals surface area contributed by atoms with Gasteiger partial charge in [0.05, 0.1) is 6.26 Å². The molecule has 1 N–H and O–H groups in total. The summed E-state index contributed by atoms with van der Waals surface area (Å²) in [5.41, 5.74) is 1.17. The fraction of sp³-hybridized carbons (Fsp3) is 0.200. The van der Waals surface area contributed by atoms with Crippen molar-refractivity contribution < 1.29 is 4.42 Å². The van der Waals surface area contributed by atoms with Gasteiger partial charge < -0.3 is 8.98 Å². The standard InChI is InChI=1S/C15H16N4O/c1-19-9-8-17-15(19)14(13-3-2-10-20-13)18-11-12-4-6-16-7-5-12/h2-10,14,18H,11H2,1H3. The molecule has 0 saturated heterocycles. The summed E-state index contributed by atoms with van der Waals surface area (Å²) in [6, 6.07) is 7.76. The molecule has 0 saturated carbocycles. The van der Waals surface area contributed by atoms with Gasteiger partial charge in [0.15, 0.2) is 0 Å². The van der Waals surface area contributed by atoms with Crippen LogP contribution in [0.2, 0.25) is 0 Å². The molecule has 0 aliphatic heterocycles. The Morgan fingerprint density at radius 1 is 1.25 bits per heavy atom. The SMILES string of the molecule is Cn1ccnc1C(NCc1ccncc1)c1ccco1. The first-order valence-corrected chi connectivity index (χ1v) is 6.47. The second-order valence-electron chi connectivity index (χ2n) is 4.58. The van der Waals surface area contributed by atoms with E-state index < -0.39 is 0 Å². The summed E-state index contributed by atoms with van der Waals surface area (Å²) in [6.45, 7) is 0.723. The van der Waals surface area contributed by atoms with Crippen LogP contribution in [0.25, 0.3) is 0 Å². The van der Waals surface area contributed by atoms with Gasteiger partial charge in [-0.25, -0.2) is 4.98 Å². The Morgan fingerprint density at radius 3 is 2.75 bits per heavy atom. The zero-order valence-electron chi connectivity index (χ0n) is 11.2. The summed E-state index contributed by atoms with van der Waals surface area (Å²) < 4.78 is 7.53. The monoisotopic (exact) mass is 268 g/mol. The number of imidazole rings is 1. The van der Waals surface area contributed by atoms with Gasteiger partial charge in [0.1, 0.15) is 17.6 Å². The van der Waals surface area contributed by atoms with E-state index in [9.17, 15) is 0 Å². The predicted octanol–water partition coefficient (Wildman–Crippen LogP) is 2.29. The molecule has 0 amide bonds. The quantitative estimate of drug-likeness (QED) is 0.771. The second-order valence-corrected chi connectivity index (χ2v) is 4.58. The van der Waals surface area contributed by atoms with Crippen LogP contribution in [0.15, 0.2) is 59.7 Å². The third-order valence-electron chi connectivity index (χ3n) is 3.20. The van der Waals surface area contributed by atoms with Crippen molar-refractivity contribution in [3.8, 4) is 0 Å². The van der Waals surface area contributed by atoms with Gasteiger partial charge in [0, 0.05) is 38.4 Å². The minimum absolute atomic E-state index is 0.0711. The van der Waals surface area contributed by atoms with Gasteiger partial charge in [-0.3, -0.25) is 10.3 Å². The van der Waals surface area contributed by atoms with Crippen LogP contribution in [0.1, 0.15) is 23.2 Å². The fourth-order valence-electron chi connectivity index (χ4n) is 2.15. The summed E-state index contributed by atoms with van der Waals surface area (Å²) >= 11 is 0. The Hall–Kier alpha value is -2.40. The van der Waals surface area contributed by atoms with E-state index in [-0.39, 0.29) is 6.04 Å². The molecule has 1 atom stereocenters. The molecule has 5 nitrogen and oxygen atoms in total. The number of furan rings is 1. The molecule has 0 radical (unpaired) electrons. The van der Waals surface area contributed by atoms with E-state index in [4.69, 9.17) is 4.42 Å². The van der Waals surface area contributed by atoms with Gasteiger partial charge in [-0.05, 0) is 29.8 Å². The maximum atomic E-state index is 5.53. The molecule has 3 aromatic heterocycles. The zero-order valence-corrected chi connectivity index (χ0v) is 11.2. The van der Waals surface area contributed by atoms with Crippen LogP contribution in [0, 0.1) is 0 Å². The van der Waals surface area contributed by atoms with Gasteiger partial charge in [0.25, 0.3) is 0 Å². The molecule has 0 aromatic carbocycles. The molecule has 0 aliphatic rings. The second kappa shape index (κ2) is 5.71. The molecule has 5 heteroatoms. The van der Waals surface area contributed by atoms with E-state index in [1.165, 1.54) is 5.56 Å². The van der Waals surface area contributed by atoms with Crippen molar-refractivity contribution in [2.75, 3.05) is 0 Å². The Kier molecular flexibility index (Phi) is 3.60. The van der Waals surface area contributed by atoms with Crippen LogP contribution in [0.3, 0.4) is 0 Å². The normalized spacial score (nSPS) is 12.4. The van der Waals surface area contributed by atoms with Crippen molar-refractivity contribution >= 4 is 0 Å². The highest BCUT2D eigenvalue weighted by atomic mass is 16.3. The first-order chi connectivity index (χ1) is 9.84. The van der Waals surface area contributed by atoms with E-state index in [1.54, 1.807) is 24.9 Å². The topological polar surface area (TPSA) is 55.9 Å². The minimum Gasteiger partial charge on any atom is -0.467 e. The minimum atomic E-state index is -0.0711. The highest BCUT2D eigenvalue weighted by Gasteiger charge is 2.20. The number of aryl methyl sites for hydroxylation is 1. The Morgan fingerprint density at radius 2 is 2.10 bits per heavy atom. The summed E-state index contributed by atoms with van der Waals surface area (Å²) in [5, 5.41) is 3.48. The molecule has 3 heterocycles. The van der Waals surface area contributed by atoms with Crippen molar-refractivity contribution in [2.45, 2.75) is 12.6 Å². The maximum Gasteiger partial charge on any atom is 0.133 e. The van der Waals surface area contributed by atoms with Crippen LogP contribution >= 0.6 is 0 Å². The Bertz CT molecular complexity index is 646. The van der Waals surface area contributed by atoms with Crippen molar-refractivity contribution in [1.82, 2.24) is 19.9 Å². The number of nitrogens with zero attached hydrogens (tertiary/aromatic N) is 3. The highest BCUT2D eigenvalue weighted by molar-refractivity contribution is 5.17. The van der Waals surface area contributed by atoms with E-state index in [2.05, 4.69) is 15.3 Å². The number of pyridine rings is 1. The van der Waals surface area contributed by atoms with Crippen molar-refractivity contribution in [3.63, 3.8) is 0 Å². The first kappa shape index (κ1) is 12.6. The predicted molar refractivity (Wildman–Crippen MR) is 74.8 cm³/mol. The maximum absolute atomic E-state index is 5.53. The van der Waals surface area contributed by atoms with Gasteiger partial charge in [-0.2, -0.15) is 0 Å². The summed E-state index contributed by atoms with van der Waals surface area (Å²) in [4.78, 5) is 8.44. The van der Waals surface area contributed by atoms with Crippen LogP contribution < -0.4 is 5.32 Å². The summed E-state index contributed by atoms with van der Waals surface area (Å²) in [6.07, 6.45) is 8.98. The van der Waals surface area contributed by atoms with Crippen LogP contribution in [0.5, 0.6) is 0 Å². The lowest BCUT2D eigenvalue weighted by Crippen LogP contribution is -2.24. The lowest BCUT2D eigenvalue weighted by atomic mass is 10.2. The summed E-state index contributed by atoms with van der Waals surface area (Å²) in [5.74, 6) is 1.78. The zero-order chi connectivity index (χ0) is 13.8. The smallest absolute Gasteiger partial charge is 0.133 e. The average molecular weight is 268 g/mol. The molecule has 0 aliphatic carbocycles. The molecule has 102 valence electrons. The fourth-order valence-corrected chi connectivity index (χ4v) is 2.15. The largest absolute Gasteiger partial charge is 0.467 e. The average Bonchev–Trinajstić information content (AvgIpc) is 3.13. The van der Waals surface area contributed by atoms with E-state index in [0.29, 0.717) is 0 Å². The molecule has 3 rings (SSSR count). The molecular formula is C15H16N4O. The van der Waals surface area contributed by atoms with Gasteiger partial charge in [-0.1, -0.05) is 0 Å². The lowest BCUT2D eigenvalue weighted by molar-refractivity contribution is 0.429. The van der Waals surface area contributed by atoms with Crippen molar-refractivity contribution in [3.05, 3.63) is 72.5 Å². The molecule has 3 aromatic rings. The number of hydrogen-bond donors (Lipinski definition) is 1. The number of aromatic nitrogens is 3. The molecule has 20 heavy (non-hydrogen) atoms. The van der Waals surface area contributed by atoms with Gasteiger partial charge >= 0.3 is 0 Å². The Balaban J connectivity index is 1.82. The van der Waals surface area contributed by atoms with E-state index >= 15 is 0 Å². The number of hydrogen-bond acceptors (Lipinski definition) is 4. The molecule has 0 fully saturated rings. The van der Waals surface area contributed by atoms with Crippen LogP contribution in [-0.2, 0) is 13.6 Å². The van der Waals surface area contributed by atoms with E-state index in [0.717, 1.165) is 18.1 Å².